The molecule has 1 heterocycles. The molecule has 0 saturated heterocycles. The van der Waals surface area contributed by atoms with Crippen molar-refractivity contribution >= 4 is 33.4 Å². The Balaban J connectivity index is 2.40. The highest BCUT2D eigenvalue weighted by atomic mass is 32.1. The smallest absolute Gasteiger partial charge is 0.292 e. The number of hydrogen-bond donors (Lipinski definition) is 1. The zero-order valence-electron chi connectivity index (χ0n) is 9.51. The fraction of sp³-hybridized carbons (Fsp3) is 0.0833. The number of nitro groups is 1. The van der Waals surface area contributed by atoms with E-state index in [1.165, 1.54) is 17.4 Å². The van der Waals surface area contributed by atoms with Crippen LogP contribution in [0.4, 0.5) is 22.1 Å². The highest BCUT2D eigenvalue weighted by Gasteiger charge is 2.15. The van der Waals surface area contributed by atoms with Crippen molar-refractivity contribution in [2.24, 2.45) is 0 Å². The van der Waals surface area contributed by atoms with Gasteiger partial charge in [0.1, 0.15) is 5.69 Å². The van der Waals surface area contributed by atoms with Crippen LogP contribution in [0.1, 0.15) is 4.88 Å². The van der Waals surface area contributed by atoms with Gasteiger partial charge >= 0.3 is 0 Å². The predicted octanol–water partition coefficient (Wildman–Crippen LogP) is 4.26. The fourth-order valence-electron chi connectivity index (χ4n) is 1.53. The minimum Gasteiger partial charge on any atom is -0.350 e. The van der Waals surface area contributed by atoms with Gasteiger partial charge in [-0.25, -0.2) is 4.85 Å². The molecule has 6 heteroatoms. The lowest BCUT2D eigenvalue weighted by Gasteiger charge is -2.04. The molecule has 0 atom stereocenters. The van der Waals surface area contributed by atoms with E-state index < -0.39 is 4.92 Å². The molecule has 1 aromatic carbocycles. The molecular weight excluding hydrogens is 250 g/mol. The summed E-state index contributed by atoms with van der Waals surface area (Å²) in [5.74, 6) is 0. The third-order valence-corrected chi connectivity index (χ3v) is 3.26. The molecule has 18 heavy (non-hydrogen) atoms. The largest absolute Gasteiger partial charge is 0.350 e. The molecule has 5 nitrogen and oxygen atoms in total. The van der Waals surface area contributed by atoms with Gasteiger partial charge in [0, 0.05) is 6.07 Å². The second kappa shape index (κ2) is 4.85. The molecule has 0 aliphatic heterocycles. The van der Waals surface area contributed by atoms with Crippen molar-refractivity contribution in [2.75, 3.05) is 5.32 Å². The topological polar surface area (TPSA) is 59.5 Å². The van der Waals surface area contributed by atoms with E-state index in [0.29, 0.717) is 16.4 Å². The number of thiophene rings is 1. The zero-order valence-corrected chi connectivity index (χ0v) is 10.3. The Labute approximate surface area is 108 Å². The van der Waals surface area contributed by atoms with Crippen LogP contribution in [0.15, 0.2) is 30.3 Å². The number of hydrogen-bond acceptors (Lipinski definition) is 4. The SMILES string of the molecule is [C-]#[N+]c1cc(C)sc1Nc1ccccc1[N+](=O)[O-]. The summed E-state index contributed by atoms with van der Waals surface area (Å²) in [7, 11) is 0. The van der Waals surface area contributed by atoms with E-state index in [1.54, 1.807) is 24.3 Å². The van der Waals surface area contributed by atoms with Crippen molar-refractivity contribution in [2.45, 2.75) is 6.92 Å². The third kappa shape index (κ3) is 2.31. The normalized spacial score (nSPS) is 9.78. The summed E-state index contributed by atoms with van der Waals surface area (Å²) >= 11 is 1.41. The molecule has 2 aromatic rings. The Kier molecular flexibility index (Phi) is 3.26. The van der Waals surface area contributed by atoms with Gasteiger partial charge in [-0.05, 0) is 23.9 Å². The number of rotatable bonds is 3. The van der Waals surface area contributed by atoms with Gasteiger partial charge in [0.05, 0.1) is 16.5 Å². The van der Waals surface area contributed by atoms with Crippen LogP contribution in [-0.2, 0) is 0 Å². The van der Waals surface area contributed by atoms with E-state index in [-0.39, 0.29) is 5.69 Å². The van der Waals surface area contributed by atoms with Crippen LogP contribution in [0.25, 0.3) is 4.85 Å². The molecule has 0 aliphatic carbocycles. The fourth-order valence-corrected chi connectivity index (χ4v) is 2.40. The minimum atomic E-state index is -0.444. The van der Waals surface area contributed by atoms with Crippen molar-refractivity contribution in [3.63, 3.8) is 0 Å². The van der Waals surface area contributed by atoms with E-state index in [1.807, 2.05) is 6.92 Å². The molecule has 0 unspecified atom stereocenters. The maximum atomic E-state index is 10.9. The summed E-state index contributed by atoms with van der Waals surface area (Å²) in [4.78, 5) is 14.8. The van der Waals surface area contributed by atoms with Crippen molar-refractivity contribution in [1.29, 1.82) is 0 Å². The molecule has 1 aromatic heterocycles. The van der Waals surface area contributed by atoms with Gasteiger partial charge < -0.3 is 5.32 Å². The van der Waals surface area contributed by atoms with Crippen LogP contribution in [0.5, 0.6) is 0 Å². The van der Waals surface area contributed by atoms with Gasteiger partial charge in [-0.15, -0.1) is 11.3 Å². The summed E-state index contributed by atoms with van der Waals surface area (Å²) in [5, 5.41) is 14.5. The molecule has 0 amide bonds. The van der Waals surface area contributed by atoms with Crippen LogP contribution >= 0.6 is 11.3 Å². The van der Waals surface area contributed by atoms with Gasteiger partial charge in [-0.2, -0.15) is 0 Å². The van der Waals surface area contributed by atoms with Crippen LogP contribution < -0.4 is 5.32 Å². The maximum absolute atomic E-state index is 10.9. The first-order valence-corrected chi connectivity index (χ1v) is 5.92. The van der Waals surface area contributed by atoms with Gasteiger partial charge in [0.15, 0.2) is 0 Å². The van der Waals surface area contributed by atoms with Crippen LogP contribution in [0.2, 0.25) is 0 Å². The van der Waals surface area contributed by atoms with Crippen LogP contribution in [0, 0.1) is 23.6 Å². The first kappa shape index (κ1) is 12.1. The maximum Gasteiger partial charge on any atom is 0.292 e. The molecule has 90 valence electrons. The number of nitrogens with one attached hydrogen (secondary N) is 1. The Morgan fingerprint density at radius 2 is 2.17 bits per heavy atom. The van der Waals surface area contributed by atoms with Crippen LogP contribution in [-0.4, -0.2) is 4.92 Å². The lowest BCUT2D eigenvalue weighted by Crippen LogP contribution is -1.95. The van der Waals surface area contributed by atoms with E-state index in [2.05, 4.69) is 10.2 Å². The quantitative estimate of drug-likeness (QED) is 0.509. The third-order valence-electron chi connectivity index (χ3n) is 2.31. The van der Waals surface area contributed by atoms with E-state index >= 15 is 0 Å². The van der Waals surface area contributed by atoms with Gasteiger partial charge in [-0.1, -0.05) is 12.1 Å². The first-order chi connectivity index (χ1) is 8.61. The second-order valence-corrected chi connectivity index (χ2v) is 4.84. The average molecular weight is 259 g/mol. The highest BCUT2D eigenvalue weighted by Crippen LogP contribution is 2.38. The Hall–Kier alpha value is -2.39. The monoisotopic (exact) mass is 259 g/mol. The van der Waals surface area contributed by atoms with Crippen molar-refractivity contribution < 1.29 is 4.92 Å². The number of nitro benzene ring substituents is 1. The number of nitrogens with zero attached hydrogens (tertiary/aromatic N) is 2. The van der Waals surface area contributed by atoms with E-state index in [4.69, 9.17) is 6.57 Å². The molecule has 1 N–H and O–H groups in total. The molecule has 0 saturated carbocycles. The van der Waals surface area contributed by atoms with Crippen molar-refractivity contribution in [3.05, 3.63) is 56.7 Å². The molecule has 0 aliphatic rings. The van der Waals surface area contributed by atoms with Crippen molar-refractivity contribution in [1.82, 2.24) is 0 Å². The molecule has 2 rings (SSSR count). The number of para-hydroxylation sites is 2. The van der Waals surface area contributed by atoms with Crippen LogP contribution in [0.3, 0.4) is 0 Å². The summed E-state index contributed by atoms with van der Waals surface area (Å²) in [6, 6.07) is 8.14. The summed E-state index contributed by atoms with van der Waals surface area (Å²) in [6.45, 7) is 8.95. The number of anilines is 2. The Bertz CT molecular complexity index is 643. The molecule has 0 spiro atoms. The molecular formula is C12H9N3O2S. The first-order valence-electron chi connectivity index (χ1n) is 5.10. The lowest BCUT2D eigenvalue weighted by atomic mass is 10.2. The van der Waals surface area contributed by atoms with Gasteiger partial charge in [0.2, 0.25) is 5.69 Å². The van der Waals surface area contributed by atoms with Gasteiger partial charge in [-0.3, -0.25) is 10.1 Å². The zero-order chi connectivity index (χ0) is 13.1. The summed E-state index contributed by atoms with van der Waals surface area (Å²) in [5.41, 5.74) is 0.879. The summed E-state index contributed by atoms with van der Waals surface area (Å²) < 4.78 is 0. The highest BCUT2D eigenvalue weighted by molar-refractivity contribution is 7.16. The predicted molar refractivity (Wildman–Crippen MR) is 71.7 cm³/mol. The standard InChI is InChI=1S/C12H9N3O2S/c1-8-7-10(13-2)12(18-8)14-9-5-3-4-6-11(9)15(16)17/h3-7,14H,1H3. The van der Waals surface area contributed by atoms with Gasteiger partial charge in [0.25, 0.3) is 5.69 Å². The van der Waals surface area contributed by atoms with E-state index in [0.717, 1.165) is 4.88 Å². The number of aryl methyl sites for hydroxylation is 1. The molecule has 0 fully saturated rings. The Morgan fingerprint density at radius 1 is 1.44 bits per heavy atom. The molecule has 0 radical (unpaired) electrons. The van der Waals surface area contributed by atoms with Crippen molar-refractivity contribution in [3.8, 4) is 0 Å². The molecule has 0 bridgehead atoms. The lowest BCUT2D eigenvalue weighted by molar-refractivity contribution is -0.383. The minimum absolute atomic E-state index is 0.000478. The second-order valence-electron chi connectivity index (χ2n) is 3.58. The van der Waals surface area contributed by atoms with E-state index in [9.17, 15) is 10.1 Å². The Morgan fingerprint density at radius 3 is 2.83 bits per heavy atom. The summed E-state index contributed by atoms with van der Waals surface area (Å²) in [6.07, 6.45) is 0. The average Bonchev–Trinajstić information content (AvgIpc) is 2.70. The number of benzene rings is 1.